The van der Waals surface area contributed by atoms with E-state index in [-0.39, 0.29) is 5.41 Å². The second-order valence-corrected chi connectivity index (χ2v) is 6.87. The van der Waals surface area contributed by atoms with Crippen molar-refractivity contribution in [3.63, 3.8) is 0 Å². The molecule has 0 amide bonds. The first-order valence-electron chi connectivity index (χ1n) is 6.77. The van der Waals surface area contributed by atoms with Gasteiger partial charge in [0.15, 0.2) is 0 Å². The summed E-state index contributed by atoms with van der Waals surface area (Å²) in [6.45, 7) is 11.7. The number of hydrogen-bond donors (Lipinski definition) is 1. The Bertz CT molecular complexity index is 467. The second-order valence-electron chi connectivity index (χ2n) is 6.08. The Kier molecular flexibility index (Phi) is 5.45. The van der Waals surface area contributed by atoms with Crippen molar-refractivity contribution >= 4 is 15.9 Å². The van der Waals surface area contributed by atoms with Gasteiger partial charge in [-0.05, 0) is 67.8 Å². The first-order chi connectivity index (χ1) is 8.75. The molecule has 2 nitrogen and oxygen atoms in total. The zero-order valence-corrected chi connectivity index (χ0v) is 14.6. The van der Waals surface area contributed by atoms with Crippen LogP contribution in [0.5, 0.6) is 5.75 Å². The lowest BCUT2D eigenvalue weighted by Gasteiger charge is -2.28. The molecule has 1 aromatic carbocycles. The maximum Gasteiger partial charge on any atom is 0.125 e. The van der Waals surface area contributed by atoms with Crippen LogP contribution in [0.25, 0.3) is 0 Å². The average Bonchev–Trinajstić information content (AvgIpc) is 2.33. The SMILES string of the molecule is COc1c(C)c(C)c(Br)c(C)c1CC(C)(C)CCN. The molecular formula is C16H26BrNO. The van der Waals surface area contributed by atoms with Gasteiger partial charge < -0.3 is 10.5 Å². The van der Waals surface area contributed by atoms with E-state index < -0.39 is 0 Å². The Morgan fingerprint density at radius 2 is 1.68 bits per heavy atom. The van der Waals surface area contributed by atoms with Crippen molar-refractivity contribution in [2.24, 2.45) is 11.1 Å². The largest absolute Gasteiger partial charge is 0.496 e. The van der Waals surface area contributed by atoms with Crippen molar-refractivity contribution in [3.05, 3.63) is 26.7 Å². The first-order valence-corrected chi connectivity index (χ1v) is 7.56. The van der Waals surface area contributed by atoms with Crippen LogP contribution in [0.4, 0.5) is 0 Å². The Labute approximate surface area is 125 Å². The van der Waals surface area contributed by atoms with Crippen molar-refractivity contribution in [2.75, 3.05) is 13.7 Å². The van der Waals surface area contributed by atoms with Gasteiger partial charge in [0, 0.05) is 4.47 Å². The lowest BCUT2D eigenvalue weighted by Crippen LogP contribution is -2.21. The highest BCUT2D eigenvalue weighted by atomic mass is 79.9. The third-order valence-electron chi connectivity index (χ3n) is 3.97. The molecular weight excluding hydrogens is 302 g/mol. The highest BCUT2D eigenvalue weighted by Crippen LogP contribution is 2.39. The van der Waals surface area contributed by atoms with Gasteiger partial charge in [0.2, 0.25) is 0 Å². The maximum absolute atomic E-state index is 5.72. The van der Waals surface area contributed by atoms with E-state index in [4.69, 9.17) is 10.5 Å². The van der Waals surface area contributed by atoms with Crippen LogP contribution in [0.1, 0.15) is 42.5 Å². The van der Waals surface area contributed by atoms with Gasteiger partial charge >= 0.3 is 0 Å². The van der Waals surface area contributed by atoms with Gasteiger partial charge in [-0.1, -0.05) is 29.8 Å². The van der Waals surface area contributed by atoms with E-state index in [0.29, 0.717) is 0 Å². The topological polar surface area (TPSA) is 35.2 Å². The normalized spacial score (nSPS) is 11.8. The van der Waals surface area contributed by atoms with Crippen LogP contribution >= 0.6 is 15.9 Å². The molecule has 2 N–H and O–H groups in total. The van der Waals surface area contributed by atoms with Crippen molar-refractivity contribution in [2.45, 2.75) is 47.5 Å². The van der Waals surface area contributed by atoms with Crippen LogP contribution < -0.4 is 10.5 Å². The standard InChI is InChI=1S/C16H26BrNO/c1-10-11(2)15(19-6)13(12(3)14(10)17)9-16(4,5)7-8-18/h7-9,18H2,1-6H3. The van der Waals surface area contributed by atoms with Crippen molar-refractivity contribution in [1.82, 2.24) is 0 Å². The molecule has 1 rings (SSSR count). The highest BCUT2D eigenvalue weighted by molar-refractivity contribution is 9.10. The molecule has 0 radical (unpaired) electrons. The van der Waals surface area contributed by atoms with Crippen molar-refractivity contribution in [1.29, 1.82) is 0 Å². The third kappa shape index (κ3) is 3.51. The summed E-state index contributed by atoms with van der Waals surface area (Å²) in [5.74, 6) is 1.03. The Morgan fingerprint density at radius 3 is 2.16 bits per heavy atom. The van der Waals surface area contributed by atoms with E-state index in [0.717, 1.165) is 25.1 Å². The zero-order valence-electron chi connectivity index (χ0n) is 13.0. The molecule has 0 heterocycles. The summed E-state index contributed by atoms with van der Waals surface area (Å²) in [6.07, 6.45) is 2.00. The minimum Gasteiger partial charge on any atom is -0.496 e. The van der Waals surface area contributed by atoms with Crippen molar-refractivity contribution in [3.8, 4) is 5.75 Å². The molecule has 19 heavy (non-hydrogen) atoms. The minimum atomic E-state index is 0.188. The first kappa shape index (κ1) is 16.5. The number of benzene rings is 1. The van der Waals surface area contributed by atoms with E-state index in [1.54, 1.807) is 7.11 Å². The number of nitrogens with two attached hydrogens (primary N) is 1. The monoisotopic (exact) mass is 327 g/mol. The van der Waals surface area contributed by atoms with Gasteiger partial charge in [0.05, 0.1) is 7.11 Å². The maximum atomic E-state index is 5.72. The molecule has 0 spiro atoms. The highest BCUT2D eigenvalue weighted by Gasteiger charge is 2.24. The second kappa shape index (κ2) is 6.27. The molecule has 108 valence electrons. The lowest BCUT2D eigenvalue weighted by molar-refractivity contribution is 0.327. The molecule has 0 aromatic heterocycles. The van der Waals surface area contributed by atoms with Gasteiger partial charge in [-0.25, -0.2) is 0 Å². The summed E-state index contributed by atoms with van der Waals surface area (Å²) < 4.78 is 6.86. The summed E-state index contributed by atoms with van der Waals surface area (Å²) in [6, 6.07) is 0. The summed E-state index contributed by atoms with van der Waals surface area (Å²) in [4.78, 5) is 0. The zero-order chi connectivity index (χ0) is 14.8. The molecule has 0 aliphatic rings. The van der Waals surface area contributed by atoms with Crippen LogP contribution in [0.15, 0.2) is 4.47 Å². The van der Waals surface area contributed by atoms with E-state index >= 15 is 0 Å². The van der Waals surface area contributed by atoms with Crippen LogP contribution in [0.2, 0.25) is 0 Å². The van der Waals surface area contributed by atoms with Gasteiger partial charge in [-0.2, -0.15) is 0 Å². The molecule has 0 unspecified atom stereocenters. The van der Waals surface area contributed by atoms with E-state index in [1.807, 2.05) is 0 Å². The number of hydrogen-bond acceptors (Lipinski definition) is 2. The van der Waals surface area contributed by atoms with Gasteiger partial charge in [-0.3, -0.25) is 0 Å². The van der Waals surface area contributed by atoms with Crippen LogP contribution in [0, 0.1) is 26.2 Å². The Balaban J connectivity index is 3.34. The number of ether oxygens (including phenoxy) is 1. The van der Waals surface area contributed by atoms with Gasteiger partial charge in [0.1, 0.15) is 5.75 Å². The van der Waals surface area contributed by atoms with Gasteiger partial charge in [0.25, 0.3) is 0 Å². The molecule has 3 heteroatoms. The predicted molar refractivity (Wildman–Crippen MR) is 86.1 cm³/mol. The summed E-state index contributed by atoms with van der Waals surface area (Å²) in [7, 11) is 1.76. The number of halogens is 1. The van der Waals surface area contributed by atoms with E-state index in [9.17, 15) is 0 Å². The Morgan fingerprint density at radius 1 is 1.11 bits per heavy atom. The molecule has 0 fully saturated rings. The number of methoxy groups -OCH3 is 1. The van der Waals surface area contributed by atoms with Crippen LogP contribution in [-0.2, 0) is 6.42 Å². The van der Waals surface area contributed by atoms with Crippen LogP contribution in [0.3, 0.4) is 0 Å². The third-order valence-corrected chi connectivity index (χ3v) is 5.16. The van der Waals surface area contributed by atoms with Crippen molar-refractivity contribution < 1.29 is 4.74 Å². The van der Waals surface area contributed by atoms with E-state index in [2.05, 4.69) is 50.5 Å². The average molecular weight is 328 g/mol. The molecule has 1 aromatic rings. The quantitative estimate of drug-likeness (QED) is 0.874. The lowest BCUT2D eigenvalue weighted by atomic mass is 9.80. The fourth-order valence-corrected chi connectivity index (χ4v) is 3.13. The molecule has 0 aliphatic heterocycles. The fraction of sp³-hybridized carbons (Fsp3) is 0.625. The van der Waals surface area contributed by atoms with Gasteiger partial charge in [-0.15, -0.1) is 0 Å². The predicted octanol–water partition coefficient (Wildman–Crippen LogP) is 4.30. The van der Waals surface area contributed by atoms with Crippen LogP contribution in [-0.4, -0.2) is 13.7 Å². The van der Waals surface area contributed by atoms with E-state index in [1.165, 1.54) is 26.7 Å². The molecule has 0 saturated heterocycles. The summed E-state index contributed by atoms with van der Waals surface area (Å²) >= 11 is 3.71. The molecule has 0 aliphatic carbocycles. The molecule has 0 bridgehead atoms. The summed E-state index contributed by atoms with van der Waals surface area (Å²) in [5.41, 5.74) is 11.0. The summed E-state index contributed by atoms with van der Waals surface area (Å²) in [5, 5.41) is 0. The smallest absolute Gasteiger partial charge is 0.125 e. The Hall–Kier alpha value is -0.540. The molecule has 0 atom stereocenters. The fourth-order valence-electron chi connectivity index (χ4n) is 2.59. The minimum absolute atomic E-state index is 0.188. The molecule has 0 saturated carbocycles. The number of rotatable bonds is 5.